The summed E-state index contributed by atoms with van der Waals surface area (Å²) in [4.78, 5) is 22.0. The molecule has 1 aliphatic rings. The smallest absolute Gasteiger partial charge is 0.275 e. The van der Waals surface area contributed by atoms with Crippen LogP contribution in [-0.2, 0) is 4.79 Å². The molecule has 1 heterocycles. The molecule has 0 aromatic rings. The lowest BCUT2D eigenvalue weighted by atomic mass is 9.88. The standard InChI is InChI=1S/C7H13N3O2/c1-4(2)7(3)5(11)8-6(12)9-10-7/h4,10H,1-3H3,(H2,8,9,11,12)/t7-/m0/s1. The summed E-state index contributed by atoms with van der Waals surface area (Å²) in [6.07, 6.45) is 0. The maximum Gasteiger partial charge on any atom is 0.335 e. The summed E-state index contributed by atoms with van der Waals surface area (Å²) in [5.41, 5.74) is 4.33. The highest BCUT2D eigenvalue weighted by Crippen LogP contribution is 2.16. The van der Waals surface area contributed by atoms with Crippen molar-refractivity contribution in [2.75, 3.05) is 0 Å². The molecule has 0 saturated carbocycles. The molecular weight excluding hydrogens is 158 g/mol. The minimum Gasteiger partial charge on any atom is -0.275 e. The molecule has 1 rings (SSSR count). The van der Waals surface area contributed by atoms with Crippen LogP contribution in [0.3, 0.4) is 0 Å². The Labute approximate surface area is 70.9 Å². The molecule has 0 radical (unpaired) electrons. The third-order valence-corrected chi connectivity index (χ3v) is 2.29. The predicted molar refractivity (Wildman–Crippen MR) is 43.1 cm³/mol. The van der Waals surface area contributed by atoms with Gasteiger partial charge in [0.1, 0.15) is 5.54 Å². The van der Waals surface area contributed by atoms with Gasteiger partial charge in [0.25, 0.3) is 0 Å². The zero-order valence-electron chi connectivity index (χ0n) is 7.39. The van der Waals surface area contributed by atoms with Crippen LogP contribution in [0.1, 0.15) is 20.8 Å². The first-order valence-corrected chi connectivity index (χ1v) is 3.85. The number of hydrogen-bond donors (Lipinski definition) is 3. The van der Waals surface area contributed by atoms with E-state index < -0.39 is 11.6 Å². The minimum absolute atomic E-state index is 0.109. The molecule has 1 saturated heterocycles. The Morgan fingerprint density at radius 2 is 1.92 bits per heavy atom. The van der Waals surface area contributed by atoms with Crippen molar-refractivity contribution >= 4 is 11.9 Å². The van der Waals surface area contributed by atoms with E-state index in [1.807, 2.05) is 13.8 Å². The van der Waals surface area contributed by atoms with E-state index in [2.05, 4.69) is 16.2 Å². The maximum atomic E-state index is 11.3. The Bertz CT molecular complexity index is 227. The molecule has 0 spiro atoms. The number of hydrogen-bond acceptors (Lipinski definition) is 3. The molecule has 3 amide bonds. The highest BCUT2D eigenvalue weighted by Gasteiger charge is 2.40. The lowest BCUT2D eigenvalue weighted by molar-refractivity contribution is -0.129. The Morgan fingerprint density at radius 3 is 2.33 bits per heavy atom. The van der Waals surface area contributed by atoms with Crippen LogP contribution in [0.4, 0.5) is 4.79 Å². The largest absolute Gasteiger partial charge is 0.335 e. The molecule has 3 N–H and O–H groups in total. The molecule has 0 aromatic carbocycles. The Balaban J connectivity index is 2.80. The van der Waals surface area contributed by atoms with Gasteiger partial charge in [0.05, 0.1) is 0 Å². The fraction of sp³-hybridized carbons (Fsp3) is 0.714. The highest BCUT2D eigenvalue weighted by atomic mass is 16.2. The van der Waals surface area contributed by atoms with Gasteiger partial charge in [-0.3, -0.25) is 15.5 Å². The van der Waals surface area contributed by atoms with Crippen molar-refractivity contribution < 1.29 is 9.59 Å². The van der Waals surface area contributed by atoms with Crippen LogP contribution < -0.4 is 16.2 Å². The SMILES string of the molecule is CC(C)[C@]1(C)NNC(=O)NC1=O. The second-order valence-electron chi connectivity index (χ2n) is 3.39. The quantitative estimate of drug-likeness (QED) is 0.509. The van der Waals surface area contributed by atoms with Crippen LogP contribution in [0.5, 0.6) is 0 Å². The molecule has 0 aliphatic carbocycles. The number of hydrazine groups is 1. The summed E-state index contributed by atoms with van der Waals surface area (Å²) in [7, 11) is 0. The fourth-order valence-corrected chi connectivity index (χ4v) is 0.914. The molecule has 1 atom stereocenters. The van der Waals surface area contributed by atoms with Crippen molar-refractivity contribution in [3.63, 3.8) is 0 Å². The zero-order chi connectivity index (χ0) is 9.35. The van der Waals surface area contributed by atoms with Crippen LogP contribution in [0.2, 0.25) is 0 Å². The van der Waals surface area contributed by atoms with E-state index in [1.54, 1.807) is 6.92 Å². The van der Waals surface area contributed by atoms with Gasteiger partial charge in [-0.2, -0.15) is 0 Å². The van der Waals surface area contributed by atoms with Gasteiger partial charge in [-0.15, -0.1) is 0 Å². The normalized spacial score (nSPS) is 30.0. The van der Waals surface area contributed by atoms with Crippen LogP contribution in [0.25, 0.3) is 0 Å². The zero-order valence-corrected chi connectivity index (χ0v) is 7.39. The van der Waals surface area contributed by atoms with Crippen molar-refractivity contribution in [3.05, 3.63) is 0 Å². The van der Waals surface area contributed by atoms with Crippen molar-refractivity contribution in [1.29, 1.82) is 0 Å². The molecule has 5 nitrogen and oxygen atoms in total. The summed E-state index contributed by atoms with van der Waals surface area (Å²) in [5.74, 6) is -0.181. The molecule has 0 bridgehead atoms. The first kappa shape index (κ1) is 8.99. The summed E-state index contributed by atoms with van der Waals surface area (Å²) in [5, 5.41) is 2.20. The van der Waals surface area contributed by atoms with Gasteiger partial charge in [0.2, 0.25) is 5.91 Å². The molecule has 5 heteroatoms. The number of carbonyl (C=O) groups is 2. The Morgan fingerprint density at radius 1 is 1.33 bits per heavy atom. The summed E-state index contributed by atoms with van der Waals surface area (Å²) >= 11 is 0. The molecule has 1 aliphatic heterocycles. The molecule has 68 valence electrons. The monoisotopic (exact) mass is 171 g/mol. The lowest BCUT2D eigenvalue weighted by Gasteiger charge is -2.36. The van der Waals surface area contributed by atoms with Crippen molar-refractivity contribution in [3.8, 4) is 0 Å². The number of rotatable bonds is 1. The Hall–Kier alpha value is -1.10. The third kappa shape index (κ3) is 1.27. The second kappa shape index (κ2) is 2.75. The molecule has 0 unspecified atom stereocenters. The van der Waals surface area contributed by atoms with Crippen LogP contribution in [0.15, 0.2) is 0 Å². The Kier molecular flexibility index (Phi) is 2.06. The number of nitrogens with one attached hydrogen (secondary N) is 3. The minimum atomic E-state index is -0.714. The average Bonchev–Trinajstić information content (AvgIpc) is 1.97. The van der Waals surface area contributed by atoms with Crippen molar-refractivity contribution in [2.45, 2.75) is 26.3 Å². The molecule has 1 fully saturated rings. The van der Waals surface area contributed by atoms with Gasteiger partial charge in [0, 0.05) is 0 Å². The van der Waals surface area contributed by atoms with Gasteiger partial charge in [-0.25, -0.2) is 10.2 Å². The molecule has 0 aromatic heterocycles. The van der Waals surface area contributed by atoms with E-state index in [1.165, 1.54) is 0 Å². The maximum absolute atomic E-state index is 11.3. The van der Waals surface area contributed by atoms with Gasteiger partial charge in [0.15, 0.2) is 0 Å². The van der Waals surface area contributed by atoms with Gasteiger partial charge < -0.3 is 0 Å². The summed E-state index contributed by atoms with van der Waals surface area (Å²) in [6, 6.07) is -0.502. The molecular formula is C7H13N3O2. The van der Waals surface area contributed by atoms with Gasteiger partial charge in [-0.1, -0.05) is 13.8 Å². The average molecular weight is 171 g/mol. The second-order valence-corrected chi connectivity index (χ2v) is 3.39. The number of urea groups is 1. The van der Waals surface area contributed by atoms with Crippen LogP contribution in [0, 0.1) is 5.92 Å². The summed E-state index contributed by atoms with van der Waals surface area (Å²) in [6.45, 7) is 5.56. The number of amides is 3. The van der Waals surface area contributed by atoms with Crippen molar-refractivity contribution in [1.82, 2.24) is 16.2 Å². The first-order chi connectivity index (χ1) is 5.47. The van der Waals surface area contributed by atoms with E-state index in [4.69, 9.17) is 0 Å². The molecule has 12 heavy (non-hydrogen) atoms. The van der Waals surface area contributed by atoms with Crippen molar-refractivity contribution in [2.24, 2.45) is 5.92 Å². The number of imide groups is 1. The van der Waals surface area contributed by atoms with E-state index >= 15 is 0 Å². The topological polar surface area (TPSA) is 70.2 Å². The summed E-state index contributed by atoms with van der Waals surface area (Å²) < 4.78 is 0. The van der Waals surface area contributed by atoms with E-state index in [-0.39, 0.29) is 11.8 Å². The lowest BCUT2D eigenvalue weighted by Crippen LogP contribution is -2.71. The van der Waals surface area contributed by atoms with E-state index in [0.717, 1.165) is 0 Å². The highest BCUT2D eigenvalue weighted by molar-refractivity contribution is 6.01. The van der Waals surface area contributed by atoms with Gasteiger partial charge in [-0.05, 0) is 12.8 Å². The van der Waals surface area contributed by atoms with Gasteiger partial charge >= 0.3 is 6.03 Å². The fourth-order valence-electron chi connectivity index (χ4n) is 0.914. The first-order valence-electron chi connectivity index (χ1n) is 3.85. The third-order valence-electron chi connectivity index (χ3n) is 2.29. The predicted octanol–water partition coefficient (Wildman–Crippen LogP) is -0.255. The number of carbonyl (C=O) groups excluding carboxylic acids is 2. The van der Waals surface area contributed by atoms with E-state index in [0.29, 0.717) is 0 Å². The van der Waals surface area contributed by atoms with Crippen LogP contribution >= 0.6 is 0 Å². The van der Waals surface area contributed by atoms with E-state index in [9.17, 15) is 9.59 Å². The van der Waals surface area contributed by atoms with Crippen LogP contribution in [-0.4, -0.2) is 17.5 Å².